The number of benzene rings is 1. The van der Waals surface area contributed by atoms with Gasteiger partial charge < -0.3 is 4.90 Å². The van der Waals surface area contributed by atoms with Gasteiger partial charge >= 0.3 is 0 Å². The zero-order valence-corrected chi connectivity index (χ0v) is 11.6. The number of carbonyl (C=O) groups is 1. The molecule has 0 bridgehead atoms. The van der Waals surface area contributed by atoms with Gasteiger partial charge in [-0.1, -0.05) is 4.49 Å². The first-order valence-corrected chi connectivity index (χ1v) is 6.82. The Labute approximate surface area is 115 Å². The summed E-state index contributed by atoms with van der Waals surface area (Å²) < 4.78 is 16.8. The van der Waals surface area contributed by atoms with Gasteiger partial charge in [-0.05, 0) is 49.6 Å². The lowest BCUT2D eigenvalue weighted by atomic mass is 10.1. The number of aromatic nitrogens is 2. The van der Waals surface area contributed by atoms with E-state index in [9.17, 15) is 9.18 Å². The number of nitrogens with zero attached hydrogens (tertiary/aromatic N) is 3. The van der Waals surface area contributed by atoms with Gasteiger partial charge in [-0.25, -0.2) is 4.39 Å². The molecule has 19 heavy (non-hydrogen) atoms. The first-order valence-electron chi connectivity index (χ1n) is 6.05. The molecule has 1 aromatic carbocycles. The topological polar surface area (TPSA) is 46.1 Å². The number of halogens is 1. The van der Waals surface area contributed by atoms with Crippen molar-refractivity contribution < 1.29 is 9.18 Å². The molecule has 0 aliphatic heterocycles. The van der Waals surface area contributed by atoms with Gasteiger partial charge in [0.2, 0.25) is 0 Å². The summed E-state index contributed by atoms with van der Waals surface area (Å²) in [5.74, 6) is -0.400. The molecule has 2 rings (SSSR count). The molecule has 1 heterocycles. The highest BCUT2D eigenvalue weighted by Gasteiger charge is 2.21. The second-order valence-corrected chi connectivity index (χ2v) is 4.69. The Morgan fingerprint density at radius 1 is 1.26 bits per heavy atom. The van der Waals surface area contributed by atoms with Crippen LogP contribution in [0, 0.1) is 5.82 Å². The summed E-state index contributed by atoms with van der Waals surface area (Å²) in [6, 6.07) is 5.90. The van der Waals surface area contributed by atoms with Crippen LogP contribution in [0.15, 0.2) is 24.3 Å². The van der Waals surface area contributed by atoms with Crippen LogP contribution in [0.25, 0.3) is 11.3 Å². The van der Waals surface area contributed by atoms with E-state index in [-0.39, 0.29) is 11.7 Å². The van der Waals surface area contributed by atoms with E-state index in [1.54, 1.807) is 17.0 Å². The molecule has 1 aromatic heterocycles. The smallest absolute Gasteiger partial charge is 0.267 e. The van der Waals surface area contributed by atoms with Crippen molar-refractivity contribution in [3.8, 4) is 11.3 Å². The molecular formula is C13H14FN3OS. The molecule has 0 atom stereocenters. The van der Waals surface area contributed by atoms with Crippen LogP contribution < -0.4 is 0 Å². The van der Waals surface area contributed by atoms with E-state index < -0.39 is 0 Å². The van der Waals surface area contributed by atoms with Gasteiger partial charge in [0.15, 0.2) is 0 Å². The maximum absolute atomic E-state index is 12.9. The molecule has 0 N–H and O–H groups in total. The van der Waals surface area contributed by atoms with Gasteiger partial charge in [-0.15, -0.1) is 5.10 Å². The molecule has 0 unspecified atom stereocenters. The number of carbonyl (C=O) groups excluding carboxylic acids is 1. The van der Waals surface area contributed by atoms with Crippen molar-refractivity contribution in [3.63, 3.8) is 0 Å². The second-order valence-electron chi connectivity index (χ2n) is 3.94. The predicted molar refractivity (Wildman–Crippen MR) is 72.6 cm³/mol. The maximum Gasteiger partial charge on any atom is 0.267 e. The van der Waals surface area contributed by atoms with Crippen molar-refractivity contribution in [1.29, 1.82) is 0 Å². The van der Waals surface area contributed by atoms with Crippen LogP contribution >= 0.6 is 11.5 Å². The van der Waals surface area contributed by atoms with E-state index in [4.69, 9.17) is 0 Å². The van der Waals surface area contributed by atoms with Crippen LogP contribution in [0.4, 0.5) is 4.39 Å². The van der Waals surface area contributed by atoms with Crippen LogP contribution in [-0.4, -0.2) is 33.5 Å². The lowest BCUT2D eigenvalue weighted by molar-refractivity contribution is 0.0778. The summed E-state index contributed by atoms with van der Waals surface area (Å²) in [5.41, 5.74) is 1.22. The van der Waals surface area contributed by atoms with Gasteiger partial charge in [0.1, 0.15) is 16.4 Å². The highest BCUT2D eigenvalue weighted by molar-refractivity contribution is 7.08. The van der Waals surface area contributed by atoms with E-state index >= 15 is 0 Å². The summed E-state index contributed by atoms with van der Waals surface area (Å²) in [6.07, 6.45) is 0. The summed E-state index contributed by atoms with van der Waals surface area (Å²) in [4.78, 5) is 14.5. The molecule has 6 heteroatoms. The fourth-order valence-corrected chi connectivity index (χ4v) is 2.44. The van der Waals surface area contributed by atoms with E-state index in [1.807, 2.05) is 13.8 Å². The molecule has 0 aliphatic rings. The first-order chi connectivity index (χ1) is 9.17. The Kier molecular flexibility index (Phi) is 4.21. The van der Waals surface area contributed by atoms with Gasteiger partial charge in [-0.3, -0.25) is 4.79 Å². The Hall–Kier alpha value is -1.82. The Bertz CT molecular complexity index is 564. The standard InChI is InChI=1S/C13H14FN3OS/c1-3-17(4-2)13(18)12-11(15-16-19-12)9-5-7-10(14)8-6-9/h5-8H,3-4H2,1-2H3. The third-order valence-electron chi connectivity index (χ3n) is 2.85. The first kappa shape index (κ1) is 13.6. The Morgan fingerprint density at radius 2 is 1.89 bits per heavy atom. The lowest BCUT2D eigenvalue weighted by Gasteiger charge is -2.17. The number of hydrogen-bond donors (Lipinski definition) is 0. The molecule has 0 radical (unpaired) electrons. The number of hydrogen-bond acceptors (Lipinski definition) is 4. The third-order valence-corrected chi connectivity index (χ3v) is 3.56. The quantitative estimate of drug-likeness (QED) is 0.864. The molecule has 1 amide bonds. The van der Waals surface area contributed by atoms with Gasteiger partial charge in [-0.2, -0.15) is 0 Å². The normalized spacial score (nSPS) is 10.5. The average molecular weight is 279 g/mol. The van der Waals surface area contributed by atoms with Crippen LogP contribution in [0.5, 0.6) is 0 Å². The van der Waals surface area contributed by atoms with Crippen molar-refractivity contribution in [2.24, 2.45) is 0 Å². The SMILES string of the molecule is CCN(CC)C(=O)c1snnc1-c1ccc(F)cc1. The van der Waals surface area contributed by atoms with Crippen molar-refractivity contribution >= 4 is 17.4 Å². The van der Waals surface area contributed by atoms with Crippen LogP contribution in [0.1, 0.15) is 23.5 Å². The molecule has 100 valence electrons. The zero-order valence-electron chi connectivity index (χ0n) is 10.8. The fourth-order valence-electron chi connectivity index (χ4n) is 1.78. The Balaban J connectivity index is 2.37. The summed E-state index contributed by atoms with van der Waals surface area (Å²) in [6.45, 7) is 5.12. The average Bonchev–Trinajstić information content (AvgIpc) is 2.90. The molecule has 4 nitrogen and oxygen atoms in total. The molecule has 0 aliphatic carbocycles. The fraction of sp³-hybridized carbons (Fsp3) is 0.308. The lowest BCUT2D eigenvalue weighted by Crippen LogP contribution is -2.30. The molecule has 0 saturated carbocycles. The molecule has 2 aromatic rings. The molecule has 0 saturated heterocycles. The van der Waals surface area contributed by atoms with Crippen LogP contribution in [0.3, 0.4) is 0 Å². The van der Waals surface area contributed by atoms with Gasteiger partial charge in [0.25, 0.3) is 5.91 Å². The van der Waals surface area contributed by atoms with E-state index in [0.717, 1.165) is 11.5 Å². The van der Waals surface area contributed by atoms with Crippen molar-refractivity contribution in [2.45, 2.75) is 13.8 Å². The largest absolute Gasteiger partial charge is 0.338 e. The maximum atomic E-state index is 12.9. The van der Waals surface area contributed by atoms with Crippen molar-refractivity contribution in [2.75, 3.05) is 13.1 Å². The van der Waals surface area contributed by atoms with E-state index in [2.05, 4.69) is 9.59 Å². The summed E-state index contributed by atoms with van der Waals surface area (Å²) in [5, 5.41) is 3.99. The van der Waals surface area contributed by atoms with Gasteiger partial charge in [0.05, 0.1) is 0 Å². The van der Waals surface area contributed by atoms with Crippen molar-refractivity contribution in [3.05, 3.63) is 35.0 Å². The minimum Gasteiger partial charge on any atom is -0.338 e. The highest BCUT2D eigenvalue weighted by Crippen LogP contribution is 2.25. The van der Waals surface area contributed by atoms with Crippen LogP contribution in [-0.2, 0) is 0 Å². The summed E-state index contributed by atoms with van der Waals surface area (Å²) in [7, 11) is 0. The molecule has 0 spiro atoms. The van der Waals surface area contributed by atoms with Crippen LogP contribution in [0.2, 0.25) is 0 Å². The minimum atomic E-state index is -0.316. The molecular weight excluding hydrogens is 265 g/mol. The Morgan fingerprint density at radius 3 is 2.47 bits per heavy atom. The molecule has 0 fully saturated rings. The van der Waals surface area contributed by atoms with Crippen molar-refractivity contribution in [1.82, 2.24) is 14.5 Å². The summed E-state index contributed by atoms with van der Waals surface area (Å²) >= 11 is 1.07. The monoisotopic (exact) mass is 279 g/mol. The van der Waals surface area contributed by atoms with E-state index in [0.29, 0.717) is 29.2 Å². The van der Waals surface area contributed by atoms with Gasteiger partial charge in [0, 0.05) is 18.7 Å². The predicted octanol–water partition coefficient (Wildman–Crippen LogP) is 2.83. The highest BCUT2D eigenvalue weighted by atomic mass is 32.1. The third kappa shape index (κ3) is 2.78. The number of rotatable bonds is 4. The number of amides is 1. The second kappa shape index (κ2) is 5.88. The minimum absolute atomic E-state index is 0.0840. The zero-order chi connectivity index (χ0) is 13.8. The van der Waals surface area contributed by atoms with E-state index in [1.165, 1.54) is 12.1 Å².